The van der Waals surface area contributed by atoms with Gasteiger partial charge in [0.2, 0.25) is 0 Å². The molecule has 2 atom stereocenters. The zero-order valence-corrected chi connectivity index (χ0v) is 11.5. The van der Waals surface area contributed by atoms with Gasteiger partial charge in [-0.1, -0.05) is 60.7 Å². The van der Waals surface area contributed by atoms with Gasteiger partial charge >= 0.3 is 5.97 Å². The normalized spacial score (nSPS) is 15.1. The zero-order valence-electron chi connectivity index (χ0n) is 11.5. The number of carboxylic acid groups (broad SMARTS) is 1. The first-order valence-electron chi connectivity index (χ1n) is 6.74. The van der Waals surface area contributed by atoms with E-state index >= 15 is 0 Å². The first-order chi connectivity index (χ1) is 10.0. The Morgan fingerprint density at radius 1 is 0.952 bits per heavy atom. The van der Waals surface area contributed by atoms with Crippen LogP contribution in [0.5, 0.6) is 0 Å². The van der Waals surface area contributed by atoms with E-state index in [1.165, 1.54) is 0 Å². The molecular weight excluding hydrogens is 268 g/mol. The molecule has 4 heteroatoms. The molecule has 3 N–H and O–H groups in total. The molecule has 110 valence electrons. The maximum absolute atomic E-state index is 11.4. The first-order valence-corrected chi connectivity index (χ1v) is 6.74. The van der Waals surface area contributed by atoms with Crippen LogP contribution in [0, 0.1) is 0 Å². The van der Waals surface area contributed by atoms with Crippen molar-refractivity contribution in [3.63, 3.8) is 0 Å². The lowest BCUT2D eigenvalue weighted by atomic mass is 9.86. The van der Waals surface area contributed by atoms with Gasteiger partial charge in [0, 0.05) is 12.8 Å². The second kappa shape index (κ2) is 6.52. The second-order valence-electron chi connectivity index (χ2n) is 5.10. The molecule has 0 heterocycles. The molecule has 2 unspecified atom stereocenters. The topological polar surface area (TPSA) is 77.8 Å². The summed E-state index contributed by atoms with van der Waals surface area (Å²) in [5, 5.41) is 30.0. The molecule has 2 aromatic carbocycles. The van der Waals surface area contributed by atoms with Crippen LogP contribution in [0.25, 0.3) is 0 Å². The predicted molar refractivity (Wildman–Crippen MR) is 78.9 cm³/mol. The molecule has 0 aliphatic rings. The van der Waals surface area contributed by atoms with Crippen molar-refractivity contribution in [1.82, 2.24) is 0 Å². The third-order valence-electron chi connectivity index (χ3n) is 3.51. The first kappa shape index (κ1) is 15.2. The average Bonchev–Trinajstić information content (AvgIpc) is 2.49. The highest BCUT2D eigenvalue weighted by Gasteiger charge is 2.43. The number of carboxylic acids is 1. The van der Waals surface area contributed by atoms with E-state index in [4.69, 9.17) is 0 Å². The van der Waals surface area contributed by atoms with Gasteiger partial charge in [-0.25, -0.2) is 4.79 Å². The summed E-state index contributed by atoms with van der Waals surface area (Å²) >= 11 is 0. The molecule has 0 radical (unpaired) electrons. The van der Waals surface area contributed by atoms with Crippen molar-refractivity contribution in [1.29, 1.82) is 0 Å². The Morgan fingerprint density at radius 3 is 1.90 bits per heavy atom. The SMILES string of the molecule is O=C(O)C(O)(Cc1ccccc1)C(O)Cc1ccccc1. The molecular formula is C17H18O4. The summed E-state index contributed by atoms with van der Waals surface area (Å²) in [5.74, 6) is -1.42. The number of aliphatic hydroxyl groups excluding tert-OH is 1. The van der Waals surface area contributed by atoms with E-state index in [2.05, 4.69) is 0 Å². The number of aliphatic hydroxyl groups is 2. The molecule has 0 aromatic heterocycles. The largest absolute Gasteiger partial charge is 0.479 e. The summed E-state index contributed by atoms with van der Waals surface area (Å²) in [4.78, 5) is 11.4. The standard InChI is InChI=1S/C17H18O4/c18-15(11-13-7-3-1-4-8-13)17(21,16(19)20)12-14-9-5-2-6-10-14/h1-10,15,18,21H,11-12H2,(H,19,20). The summed E-state index contributed by atoms with van der Waals surface area (Å²) in [7, 11) is 0. The van der Waals surface area contributed by atoms with Crippen molar-refractivity contribution < 1.29 is 20.1 Å². The number of rotatable bonds is 6. The molecule has 0 saturated heterocycles. The Bertz CT molecular complexity index is 582. The molecule has 0 aliphatic heterocycles. The predicted octanol–water partition coefficient (Wildman–Crippen LogP) is 1.65. The van der Waals surface area contributed by atoms with Crippen LogP contribution in [0.15, 0.2) is 60.7 Å². The molecule has 0 fully saturated rings. The van der Waals surface area contributed by atoms with Gasteiger partial charge < -0.3 is 15.3 Å². The molecule has 0 bridgehead atoms. The van der Waals surface area contributed by atoms with E-state index in [9.17, 15) is 20.1 Å². The van der Waals surface area contributed by atoms with Crippen molar-refractivity contribution in [3.05, 3.63) is 71.8 Å². The van der Waals surface area contributed by atoms with Gasteiger partial charge in [0.05, 0.1) is 6.10 Å². The lowest BCUT2D eigenvalue weighted by molar-refractivity contribution is -0.171. The monoisotopic (exact) mass is 286 g/mol. The Morgan fingerprint density at radius 2 is 1.43 bits per heavy atom. The Hall–Kier alpha value is -2.17. The summed E-state index contributed by atoms with van der Waals surface area (Å²) in [6, 6.07) is 17.8. The van der Waals surface area contributed by atoms with Crippen molar-refractivity contribution in [2.24, 2.45) is 0 Å². The smallest absolute Gasteiger partial charge is 0.338 e. The van der Waals surface area contributed by atoms with Gasteiger partial charge in [0.1, 0.15) is 0 Å². The van der Waals surface area contributed by atoms with Gasteiger partial charge in [0.25, 0.3) is 0 Å². The fraction of sp³-hybridized carbons (Fsp3) is 0.235. The highest BCUT2D eigenvalue weighted by Crippen LogP contribution is 2.21. The molecule has 0 spiro atoms. The molecule has 0 amide bonds. The molecule has 4 nitrogen and oxygen atoms in total. The Labute approximate surface area is 123 Å². The number of aliphatic carboxylic acids is 1. The lowest BCUT2D eigenvalue weighted by Gasteiger charge is -2.29. The van der Waals surface area contributed by atoms with E-state index in [0.717, 1.165) is 5.56 Å². The number of carbonyl (C=O) groups is 1. The lowest BCUT2D eigenvalue weighted by Crippen LogP contribution is -2.52. The van der Waals surface area contributed by atoms with Crippen molar-refractivity contribution in [2.45, 2.75) is 24.5 Å². The van der Waals surface area contributed by atoms with E-state index < -0.39 is 17.7 Å². The molecule has 0 saturated carbocycles. The maximum atomic E-state index is 11.4. The van der Waals surface area contributed by atoms with Crippen LogP contribution >= 0.6 is 0 Å². The van der Waals surface area contributed by atoms with Crippen LogP contribution < -0.4 is 0 Å². The van der Waals surface area contributed by atoms with Crippen LogP contribution in [-0.2, 0) is 17.6 Å². The van der Waals surface area contributed by atoms with Crippen LogP contribution in [0.4, 0.5) is 0 Å². The van der Waals surface area contributed by atoms with E-state index in [-0.39, 0.29) is 12.8 Å². The quantitative estimate of drug-likeness (QED) is 0.754. The van der Waals surface area contributed by atoms with Gasteiger partial charge in [-0.3, -0.25) is 0 Å². The van der Waals surface area contributed by atoms with Gasteiger partial charge in [-0.15, -0.1) is 0 Å². The minimum Gasteiger partial charge on any atom is -0.479 e. The highest BCUT2D eigenvalue weighted by molar-refractivity contribution is 5.78. The van der Waals surface area contributed by atoms with E-state index in [1.54, 1.807) is 48.5 Å². The zero-order chi connectivity index (χ0) is 15.3. The Balaban J connectivity index is 2.19. The van der Waals surface area contributed by atoms with Crippen molar-refractivity contribution in [2.75, 3.05) is 0 Å². The minimum atomic E-state index is -2.21. The van der Waals surface area contributed by atoms with Crippen LogP contribution in [0.2, 0.25) is 0 Å². The third kappa shape index (κ3) is 3.68. The molecule has 21 heavy (non-hydrogen) atoms. The van der Waals surface area contributed by atoms with Crippen LogP contribution in [-0.4, -0.2) is 33.0 Å². The van der Waals surface area contributed by atoms with Gasteiger partial charge in [-0.05, 0) is 11.1 Å². The average molecular weight is 286 g/mol. The third-order valence-corrected chi connectivity index (χ3v) is 3.51. The number of hydrogen-bond donors (Lipinski definition) is 3. The fourth-order valence-corrected chi connectivity index (χ4v) is 2.25. The number of benzene rings is 2. The van der Waals surface area contributed by atoms with Gasteiger partial charge in [-0.2, -0.15) is 0 Å². The van der Waals surface area contributed by atoms with Crippen molar-refractivity contribution >= 4 is 5.97 Å². The van der Waals surface area contributed by atoms with Crippen LogP contribution in [0.3, 0.4) is 0 Å². The summed E-state index contributed by atoms with van der Waals surface area (Å²) in [6.45, 7) is 0. The minimum absolute atomic E-state index is 0.0798. The molecule has 0 aliphatic carbocycles. The molecule has 2 rings (SSSR count). The summed E-state index contributed by atoms with van der Waals surface area (Å²) in [5.41, 5.74) is -0.774. The molecule has 2 aromatic rings. The summed E-state index contributed by atoms with van der Waals surface area (Å²) < 4.78 is 0. The van der Waals surface area contributed by atoms with E-state index in [0.29, 0.717) is 5.56 Å². The van der Waals surface area contributed by atoms with Crippen LogP contribution in [0.1, 0.15) is 11.1 Å². The maximum Gasteiger partial charge on any atom is 0.338 e. The van der Waals surface area contributed by atoms with Crippen molar-refractivity contribution in [3.8, 4) is 0 Å². The van der Waals surface area contributed by atoms with E-state index in [1.807, 2.05) is 12.1 Å². The number of hydrogen-bond acceptors (Lipinski definition) is 3. The highest BCUT2D eigenvalue weighted by atomic mass is 16.4. The second-order valence-corrected chi connectivity index (χ2v) is 5.10. The van der Waals surface area contributed by atoms with Gasteiger partial charge in [0.15, 0.2) is 5.60 Å². The summed E-state index contributed by atoms with van der Waals surface area (Å²) in [6.07, 6.45) is -1.45. The Kier molecular flexibility index (Phi) is 4.73. The fourth-order valence-electron chi connectivity index (χ4n) is 2.25.